The van der Waals surface area contributed by atoms with Crippen LogP contribution < -0.4 is 15.8 Å². The van der Waals surface area contributed by atoms with Crippen LogP contribution in [0.4, 0.5) is 0 Å². The molecular formula is C17H27N3O2. The van der Waals surface area contributed by atoms with Gasteiger partial charge in [-0.15, -0.1) is 0 Å². The summed E-state index contributed by atoms with van der Waals surface area (Å²) in [6.07, 6.45) is 2.64. The van der Waals surface area contributed by atoms with Gasteiger partial charge < -0.3 is 20.7 Å². The number of benzene rings is 1. The molecule has 1 heterocycles. The van der Waals surface area contributed by atoms with Crippen molar-refractivity contribution in [3.8, 4) is 5.75 Å². The summed E-state index contributed by atoms with van der Waals surface area (Å²) in [5.74, 6) is 0.202. The molecule has 22 heavy (non-hydrogen) atoms. The number of nitrogens with zero attached hydrogens (tertiary/aromatic N) is 1. The molecule has 1 aromatic rings. The third kappa shape index (κ3) is 5.66. The van der Waals surface area contributed by atoms with E-state index in [2.05, 4.69) is 24.1 Å². The summed E-state index contributed by atoms with van der Waals surface area (Å²) < 4.78 is 5.25. The Bertz CT molecular complexity index is 479. The molecule has 1 fully saturated rings. The maximum atomic E-state index is 10.7. The highest BCUT2D eigenvalue weighted by Crippen LogP contribution is 2.15. The van der Waals surface area contributed by atoms with Crippen LogP contribution in [0.25, 0.3) is 0 Å². The van der Waals surface area contributed by atoms with E-state index in [1.165, 1.54) is 31.5 Å². The first-order valence-electron chi connectivity index (χ1n) is 7.92. The average molecular weight is 305 g/mol. The molecule has 0 spiro atoms. The molecule has 2 rings (SSSR count). The largest absolute Gasteiger partial charge is 0.484 e. The SMILES string of the molecule is CC(C)(CN1CCCC1)NCc1ccc(OCC(N)=O)cc1. The first-order chi connectivity index (χ1) is 10.4. The summed E-state index contributed by atoms with van der Waals surface area (Å²) in [6.45, 7) is 8.74. The fourth-order valence-corrected chi connectivity index (χ4v) is 2.75. The molecule has 0 radical (unpaired) electrons. The highest BCUT2D eigenvalue weighted by molar-refractivity contribution is 5.75. The third-order valence-corrected chi connectivity index (χ3v) is 3.89. The van der Waals surface area contributed by atoms with Crippen molar-refractivity contribution in [2.45, 2.75) is 38.8 Å². The number of carbonyl (C=O) groups is 1. The van der Waals surface area contributed by atoms with E-state index in [1.54, 1.807) is 0 Å². The highest BCUT2D eigenvalue weighted by Gasteiger charge is 2.22. The lowest BCUT2D eigenvalue weighted by atomic mass is 10.0. The number of carbonyl (C=O) groups excluding carboxylic acids is 1. The Balaban J connectivity index is 1.78. The average Bonchev–Trinajstić information content (AvgIpc) is 2.96. The summed E-state index contributed by atoms with van der Waals surface area (Å²) >= 11 is 0. The van der Waals surface area contributed by atoms with E-state index in [0.29, 0.717) is 5.75 Å². The molecule has 5 nitrogen and oxygen atoms in total. The molecule has 3 N–H and O–H groups in total. The van der Waals surface area contributed by atoms with Gasteiger partial charge in [-0.3, -0.25) is 4.79 Å². The molecule has 1 aliphatic heterocycles. The van der Waals surface area contributed by atoms with E-state index in [-0.39, 0.29) is 12.1 Å². The first kappa shape index (κ1) is 16.8. The maximum absolute atomic E-state index is 10.7. The lowest BCUT2D eigenvalue weighted by Crippen LogP contribution is -2.48. The maximum Gasteiger partial charge on any atom is 0.255 e. The number of primary amides is 1. The van der Waals surface area contributed by atoms with E-state index >= 15 is 0 Å². The Morgan fingerprint density at radius 2 is 1.91 bits per heavy atom. The van der Waals surface area contributed by atoms with E-state index in [1.807, 2.05) is 24.3 Å². The topological polar surface area (TPSA) is 67.6 Å². The smallest absolute Gasteiger partial charge is 0.255 e. The molecule has 1 saturated heterocycles. The van der Waals surface area contributed by atoms with Crippen molar-refractivity contribution in [3.05, 3.63) is 29.8 Å². The molecule has 0 aromatic heterocycles. The van der Waals surface area contributed by atoms with Crippen molar-refractivity contribution >= 4 is 5.91 Å². The van der Waals surface area contributed by atoms with Gasteiger partial charge in [0, 0.05) is 18.6 Å². The normalized spacial score (nSPS) is 15.9. The summed E-state index contributed by atoms with van der Waals surface area (Å²) in [4.78, 5) is 13.2. The molecule has 5 heteroatoms. The Hall–Kier alpha value is -1.59. The van der Waals surface area contributed by atoms with E-state index in [9.17, 15) is 4.79 Å². The molecule has 0 atom stereocenters. The van der Waals surface area contributed by atoms with Crippen LogP contribution in [0.5, 0.6) is 5.75 Å². The standard InChI is InChI=1S/C17H27N3O2/c1-17(2,13-20-9-3-4-10-20)19-11-14-5-7-15(8-6-14)22-12-16(18)21/h5-8,19H,3-4,9-13H2,1-2H3,(H2,18,21). The number of nitrogens with two attached hydrogens (primary N) is 1. The minimum Gasteiger partial charge on any atom is -0.484 e. The molecule has 0 bridgehead atoms. The minimum absolute atomic E-state index is 0.0829. The zero-order valence-electron chi connectivity index (χ0n) is 13.6. The molecule has 1 amide bonds. The molecule has 122 valence electrons. The van der Waals surface area contributed by atoms with Crippen molar-refractivity contribution < 1.29 is 9.53 Å². The number of hydrogen-bond donors (Lipinski definition) is 2. The lowest BCUT2D eigenvalue weighted by Gasteiger charge is -2.31. The first-order valence-corrected chi connectivity index (χ1v) is 7.92. The second kappa shape index (κ2) is 7.61. The van der Waals surface area contributed by atoms with E-state index in [4.69, 9.17) is 10.5 Å². The minimum atomic E-state index is -0.464. The van der Waals surface area contributed by atoms with Gasteiger partial charge in [0.2, 0.25) is 0 Å². The summed E-state index contributed by atoms with van der Waals surface area (Å²) in [5.41, 5.74) is 6.34. The van der Waals surface area contributed by atoms with Crippen LogP contribution in [-0.4, -0.2) is 42.6 Å². The van der Waals surface area contributed by atoms with Crippen molar-refractivity contribution in [1.82, 2.24) is 10.2 Å². The van der Waals surface area contributed by atoms with Crippen LogP contribution >= 0.6 is 0 Å². The van der Waals surface area contributed by atoms with Crippen molar-refractivity contribution in [3.63, 3.8) is 0 Å². The number of amides is 1. The van der Waals surface area contributed by atoms with Crippen LogP contribution in [0.3, 0.4) is 0 Å². The van der Waals surface area contributed by atoms with Crippen LogP contribution in [0.1, 0.15) is 32.3 Å². The van der Waals surface area contributed by atoms with Gasteiger partial charge in [0.05, 0.1) is 0 Å². The zero-order chi connectivity index (χ0) is 16.0. The van der Waals surface area contributed by atoms with E-state index < -0.39 is 5.91 Å². The monoisotopic (exact) mass is 305 g/mol. The second-order valence-corrected chi connectivity index (χ2v) is 6.62. The van der Waals surface area contributed by atoms with Gasteiger partial charge in [0.25, 0.3) is 5.91 Å². The Morgan fingerprint density at radius 3 is 2.50 bits per heavy atom. The quantitative estimate of drug-likeness (QED) is 0.764. The molecule has 1 aliphatic rings. The van der Waals surface area contributed by atoms with Gasteiger partial charge in [0.15, 0.2) is 6.61 Å². The number of ether oxygens (including phenoxy) is 1. The van der Waals surface area contributed by atoms with Gasteiger partial charge in [-0.05, 0) is 57.5 Å². The van der Waals surface area contributed by atoms with Crippen molar-refractivity contribution in [2.24, 2.45) is 5.73 Å². The third-order valence-electron chi connectivity index (χ3n) is 3.89. The number of likely N-dealkylation sites (tertiary alicyclic amines) is 1. The van der Waals surface area contributed by atoms with Crippen LogP contribution in [0.2, 0.25) is 0 Å². The van der Waals surface area contributed by atoms with Gasteiger partial charge >= 0.3 is 0 Å². The second-order valence-electron chi connectivity index (χ2n) is 6.62. The van der Waals surface area contributed by atoms with Gasteiger partial charge in [-0.25, -0.2) is 0 Å². The Labute approximate surface area is 132 Å². The Morgan fingerprint density at radius 1 is 1.27 bits per heavy atom. The number of hydrogen-bond acceptors (Lipinski definition) is 4. The van der Waals surface area contributed by atoms with Gasteiger partial charge in [-0.2, -0.15) is 0 Å². The molecular weight excluding hydrogens is 278 g/mol. The van der Waals surface area contributed by atoms with Gasteiger partial charge in [-0.1, -0.05) is 12.1 Å². The van der Waals surface area contributed by atoms with Gasteiger partial charge in [0.1, 0.15) is 5.75 Å². The predicted octanol–water partition coefficient (Wildman–Crippen LogP) is 1.51. The van der Waals surface area contributed by atoms with Crippen molar-refractivity contribution in [2.75, 3.05) is 26.2 Å². The van der Waals surface area contributed by atoms with E-state index in [0.717, 1.165) is 13.1 Å². The summed E-state index contributed by atoms with van der Waals surface area (Å²) in [6, 6.07) is 7.76. The lowest BCUT2D eigenvalue weighted by molar-refractivity contribution is -0.119. The van der Waals surface area contributed by atoms with Crippen LogP contribution in [0, 0.1) is 0 Å². The van der Waals surface area contributed by atoms with Crippen molar-refractivity contribution in [1.29, 1.82) is 0 Å². The molecule has 0 unspecified atom stereocenters. The predicted molar refractivity (Wildman–Crippen MR) is 87.7 cm³/mol. The number of nitrogens with one attached hydrogen (secondary N) is 1. The highest BCUT2D eigenvalue weighted by atomic mass is 16.5. The van der Waals surface area contributed by atoms with Crippen LogP contribution in [0.15, 0.2) is 24.3 Å². The Kier molecular flexibility index (Phi) is 5.80. The number of rotatable bonds is 8. The molecule has 0 saturated carbocycles. The molecule has 1 aromatic carbocycles. The fourth-order valence-electron chi connectivity index (χ4n) is 2.75. The summed E-state index contributed by atoms with van der Waals surface area (Å²) in [5, 5.41) is 3.62. The zero-order valence-corrected chi connectivity index (χ0v) is 13.6. The van der Waals surface area contributed by atoms with Crippen LogP contribution in [-0.2, 0) is 11.3 Å². The summed E-state index contributed by atoms with van der Waals surface area (Å²) in [7, 11) is 0. The molecule has 0 aliphatic carbocycles. The fraction of sp³-hybridized carbons (Fsp3) is 0.588.